The van der Waals surface area contributed by atoms with Crippen LogP contribution in [0.4, 0.5) is 5.69 Å². The molecule has 0 radical (unpaired) electrons. The molecule has 1 heterocycles. The smallest absolute Gasteiger partial charge is 0.313 e. The van der Waals surface area contributed by atoms with Gasteiger partial charge >= 0.3 is 5.97 Å². The first-order chi connectivity index (χ1) is 8.13. The van der Waals surface area contributed by atoms with Crippen LogP contribution in [0.2, 0.25) is 5.02 Å². The van der Waals surface area contributed by atoms with E-state index in [1.807, 2.05) is 26.0 Å². The molecule has 0 saturated heterocycles. The Bertz CT molecular complexity index is 445. The minimum absolute atomic E-state index is 0.156. The Kier molecular flexibility index (Phi) is 3.57. The summed E-state index contributed by atoms with van der Waals surface area (Å²) in [6, 6.07) is 3.76. The van der Waals surface area contributed by atoms with E-state index in [-0.39, 0.29) is 11.9 Å². The monoisotopic (exact) mass is 253 g/mol. The molecule has 0 aromatic heterocycles. The molecule has 1 aliphatic heterocycles. The van der Waals surface area contributed by atoms with Gasteiger partial charge in [-0.05, 0) is 43.5 Å². The summed E-state index contributed by atoms with van der Waals surface area (Å²) in [5.74, 6) is -0.347. The van der Waals surface area contributed by atoms with Gasteiger partial charge in [0.05, 0.1) is 12.5 Å². The second-order valence-electron chi connectivity index (χ2n) is 4.21. The van der Waals surface area contributed by atoms with Crippen LogP contribution in [0.5, 0.6) is 0 Å². The van der Waals surface area contributed by atoms with Crippen LogP contribution in [0.3, 0.4) is 0 Å². The summed E-state index contributed by atoms with van der Waals surface area (Å²) in [6.45, 7) is 5.02. The highest BCUT2D eigenvalue weighted by atomic mass is 35.5. The summed E-state index contributed by atoms with van der Waals surface area (Å²) < 4.78 is 5.11. The van der Waals surface area contributed by atoms with E-state index in [0.717, 1.165) is 29.8 Å². The van der Waals surface area contributed by atoms with Crippen molar-refractivity contribution < 1.29 is 9.53 Å². The number of carbonyl (C=O) groups excluding carboxylic acids is 1. The molecule has 0 fully saturated rings. The largest absolute Gasteiger partial charge is 0.466 e. The molecule has 1 N–H and O–H groups in total. The van der Waals surface area contributed by atoms with Crippen LogP contribution in [0.25, 0.3) is 0 Å². The molecule has 1 unspecified atom stereocenters. The molecule has 0 amide bonds. The number of esters is 1. The van der Waals surface area contributed by atoms with Crippen LogP contribution in [0.1, 0.15) is 30.4 Å². The maximum absolute atomic E-state index is 11.9. The van der Waals surface area contributed by atoms with Crippen LogP contribution in [0, 0.1) is 6.92 Å². The Balaban J connectivity index is 2.40. The Morgan fingerprint density at radius 3 is 3.06 bits per heavy atom. The van der Waals surface area contributed by atoms with Crippen molar-refractivity contribution in [3.63, 3.8) is 0 Å². The molecule has 17 heavy (non-hydrogen) atoms. The maximum atomic E-state index is 11.9. The first kappa shape index (κ1) is 12.2. The number of fused-ring (bicyclic) bond motifs is 1. The molecule has 92 valence electrons. The van der Waals surface area contributed by atoms with Crippen LogP contribution in [-0.2, 0) is 9.53 Å². The minimum atomic E-state index is -0.191. The Labute approximate surface area is 106 Å². The Hall–Kier alpha value is -1.22. The molecule has 0 saturated carbocycles. The van der Waals surface area contributed by atoms with Crippen molar-refractivity contribution in [2.75, 3.05) is 18.5 Å². The van der Waals surface area contributed by atoms with E-state index in [4.69, 9.17) is 16.3 Å². The third-order valence-electron chi connectivity index (χ3n) is 3.01. The van der Waals surface area contributed by atoms with Gasteiger partial charge in [-0.1, -0.05) is 11.6 Å². The van der Waals surface area contributed by atoms with Crippen molar-refractivity contribution in [3.05, 3.63) is 28.3 Å². The van der Waals surface area contributed by atoms with Crippen molar-refractivity contribution >= 4 is 23.3 Å². The molecular weight excluding hydrogens is 238 g/mol. The summed E-state index contributed by atoms with van der Waals surface area (Å²) >= 11 is 6.05. The lowest BCUT2D eigenvalue weighted by Gasteiger charge is -2.26. The number of nitrogens with one attached hydrogen (secondary N) is 1. The predicted molar refractivity (Wildman–Crippen MR) is 68.7 cm³/mol. The fraction of sp³-hybridized carbons (Fsp3) is 0.462. The van der Waals surface area contributed by atoms with Gasteiger partial charge in [0.25, 0.3) is 0 Å². The van der Waals surface area contributed by atoms with E-state index in [2.05, 4.69) is 5.32 Å². The van der Waals surface area contributed by atoms with Gasteiger partial charge in [-0.2, -0.15) is 0 Å². The number of benzene rings is 1. The fourth-order valence-electron chi connectivity index (χ4n) is 2.27. The van der Waals surface area contributed by atoms with Crippen molar-refractivity contribution in [2.24, 2.45) is 0 Å². The third kappa shape index (κ3) is 2.39. The van der Waals surface area contributed by atoms with E-state index in [1.54, 1.807) is 0 Å². The lowest BCUT2D eigenvalue weighted by Crippen LogP contribution is -2.25. The van der Waals surface area contributed by atoms with E-state index < -0.39 is 0 Å². The van der Waals surface area contributed by atoms with Crippen LogP contribution >= 0.6 is 11.6 Å². The predicted octanol–water partition coefficient (Wildman–Crippen LogP) is 3.11. The number of rotatable bonds is 2. The zero-order valence-corrected chi connectivity index (χ0v) is 10.8. The molecule has 0 spiro atoms. The maximum Gasteiger partial charge on any atom is 0.313 e. The molecule has 4 heteroatoms. The van der Waals surface area contributed by atoms with Crippen LogP contribution in [-0.4, -0.2) is 19.1 Å². The fourth-order valence-corrected chi connectivity index (χ4v) is 2.55. The van der Waals surface area contributed by atoms with E-state index in [0.29, 0.717) is 11.6 Å². The second kappa shape index (κ2) is 4.96. The SMILES string of the molecule is CCOC(=O)C1CCNc2c(C)cc(Cl)cc21. The highest BCUT2D eigenvalue weighted by molar-refractivity contribution is 6.30. The van der Waals surface area contributed by atoms with Crippen molar-refractivity contribution in [1.29, 1.82) is 0 Å². The minimum Gasteiger partial charge on any atom is -0.466 e. The molecule has 0 aliphatic carbocycles. The number of anilines is 1. The number of aryl methyl sites for hydroxylation is 1. The van der Waals surface area contributed by atoms with Gasteiger partial charge in [0, 0.05) is 17.3 Å². The third-order valence-corrected chi connectivity index (χ3v) is 3.23. The summed E-state index contributed by atoms with van der Waals surface area (Å²) in [7, 11) is 0. The van der Waals surface area contributed by atoms with Crippen LogP contribution < -0.4 is 5.32 Å². The van der Waals surface area contributed by atoms with Gasteiger partial charge in [-0.3, -0.25) is 4.79 Å². The zero-order chi connectivity index (χ0) is 12.4. The first-order valence-electron chi connectivity index (χ1n) is 5.84. The van der Waals surface area contributed by atoms with Gasteiger partial charge in [-0.15, -0.1) is 0 Å². The first-order valence-corrected chi connectivity index (χ1v) is 6.21. The normalized spacial score (nSPS) is 18.2. The van der Waals surface area contributed by atoms with E-state index in [1.165, 1.54) is 0 Å². The highest BCUT2D eigenvalue weighted by Gasteiger charge is 2.28. The average Bonchev–Trinajstić information content (AvgIpc) is 2.28. The molecule has 0 bridgehead atoms. The Morgan fingerprint density at radius 1 is 1.59 bits per heavy atom. The van der Waals surface area contributed by atoms with Gasteiger partial charge in [0.15, 0.2) is 0 Å². The molecule has 1 aliphatic rings. The molecule has 1 aromatic rings. The molecule has 1 aromatic carbocycles. The lowest BCUT2D eigenvalue weighted by molar-refractivity contribution is -0.145. The summed E-state index contributed by atoms with van der Waals surface area (Å²) in [5, 5.41) is 3.98. The Morgan fingerprint density at radius 2 is 2.35 bits per heavy atom. The standard InChI is InChI=1S/C13H16ClNO2/c1-3-17-13(16)10-4-5-15-12-8(2)6-9(14)7-11(10)12/h6-7,10,15H,3-5H2,1-2H3. The number of carbonyl (C=O) groups is 1. The van der Waals surface area contributed by atoms with Gasteiger partial charge in [-0.25, -0.2) is 0 Å². The summed E-state index contributed by atoms with van der Waals surface area (Å²) in [4.78, 5) is 11.9. The molecule has 2 rings (SSSR count). The second-order valence-corrected chi connectivity index (χ2v) is 4.64. The number of hydrogen-bond acceptors (Lipinski definition) is 3. The summed E-state index contributed by atoms with van der Waals surface area (Å²) in [6.07, 6.45) is 0.756. The van der Waals surface area contributed by atoms with E-state index >= 15 is 0 Å². The van der Waals surface area contributed by atoms with Gasteiger partial charge in [0.2, 0.25) is 0 Å². The molecular formula is C13H16ClNO2. The van der Waals surface area contributed by atoms with Crippen molar-refractivity contribution in [2.45, 2.75) is 26.2 Å². The van der Waals surface area contributed by atoms with Crippen molar-refractivity contribution in [3.8, 4) is 0 Å². The van der Waals surface area contributed by atoms with Gasteiger partial charge in [0.1, 0.15) is 0 Å². The number of ether oxygens (including phenoxy) is 1. The van der Waals surface area contributed by atoms with E-state index in [9.17, 15) is 4.79 Å². The molecule has 3 nitrogen and oxygen atoms in total. The van der Waals surface area contributed by atoms with Crippen molar-refractivity contribution in [1.82, 2.24) is 0 Å². The molecule has 1 atom stereocenters. The lowest BCUT2D eigenvalue weighted by atomic mass is 9.89. The average molecular weight is 254 g/mol. The van der Waals surface area contributed by atoms with Gasteiger partial charge < -0.3 is 10.1 Å². The quantitative estimate of drug-likeness (QED) is 0.823. The number of hydrogen-bond donors (Lipinski definition) is 1. The number of halogens is 1. The highest BCUT2D eigenvalue weighted by Crippen LogP contribution is 2.36. The topological polar surface area (TPSA) is 38.3 Å². The summed E-state index contributed by atoms with van der Waals surface area (Å²) in [5.41, 5.74) is 3.06. The zero-order valence-electron chi connectivity index (χ0n) is 10.0. The van der Waals surface area contributed by atoms with Crippen LogP contribution in [0.15, 0.2) is 12.1 Å².